The number of diazo groups is 1. The molecule has 0 amide bonds. The summed E-state index contributed by atoms with van der Waals surface area (Å²) in [7, 11) is -4.33. The second-order valence-electron chi connectivity index (χ2n) is 3.78. The molecule has 0 saturated carbocycles. The van der Waals surface area contributed by atoms with E-state index in [4.69, 9.17) is 17.0 Å². The Bertz CT molecular complexity index is 798. The monoisotopic (exact) mass is 341 g/mol. The highest BCUT2D eigenvalue weighted by atomic mass is 35.5. The number of hydrogen-bond donors (Lipinski definition) is 0. The third-order valence-corrected chi connectivity index (χ3v) is 3.38. The molecule has 10 heteroatoms. The minimum Gasteiger partial charge on any atom is -0.744 e. The van der Waals surface area contributed by atoms with Gasteiger partial charge in [0.2, 0.25) is 5.39 Å². The van der Waals surface area contributed by atoms with Crippen LogP contribution < -0.4 is 0 Å². The molecule has 0 aromatic heterocycles. The van der Waals surface area contributed by atoms with Gasteiger partial charge < -0.3 is 4.55 Å². The van der Waals surface area contributed by atoms with Crippen LogP contribution >= 0.6 is 11.6 Å². The molecular formula is C12H8ClN3O5S. The van der Waals surface area contributed by atoms with E-state index in [0.717, 1.165) is 0 Å². The molecule has 0 unspecified atom stereocenters. The van der Waals surface area contributed by atoms with Gasteiger partial charge >= 0.3 is 5.69 Å². The lowest BCUT2D eigenvalue weighted by molar-refractivity contribution is -0.384. The Kier molecular flexibility index (Phi) is 5.94. The molecule has 114 valence electrons. The predicted molar refractivity (Wildman–Crippen MR) is 77.3 cm³/mol. The van der Waals surface area contributed by atoms with E-state index in [1.54, 1.807) is 0 Å². The molecule has 2 rings (SSSR count). The van der Waals surface area contributed by atoms with Gasteiger partial charge in [-0.05, 0) is 24.3 Å². The Labute approximate surface area is 130 Å². The highest BCUT2D eigenvalue weighted by Gasteiger charge is 2.08. The number of nitro groups is 1. The Morgan fingerprint density at radius 1 is 1.05 bits per heavy atom. The summed E-state index contributed by atoms with van der Waals surface area (Å²) < 4.78 is 31.0. The minimum atomic E-state index is -4.33. The van der Waals surface area contributed by atoms with Crippen molar-refractivity contribution in [2.75, 3.05) is 0 Å². The fourth-order valence-electron chi connectivity index (χ4n) is 1.24. The first-order valence-corrected chi connectivity index (χ1v) is 7.33. The zero-order valence-electron chi connectivity index (χ0n) is 10.8. The molecule has 0 fully saturated rings. The van der Waals surface area contributed by atoms with E-state index < -0.39 is 15.0 Å². The smallest absolute Gasteiger partial charge is 0.385 e. The van der Waals surface area contributed by atoms with E-state index in [2.05, 4.69) is 4.98 Å². The zero-order valence-corrected chi connectivity index (χ0v) is 12.4. The maximum absolute atomic E-state index is 10.3. The zero-order chi connectivity index (χ0) is 16.8. The summed E-state index contributed by atoms with van der Waals surface area (Å²) in [4.78, 5) is 12.2. The van der Waals surface area contributed by atoms with Crippen LogP contribution in [0, 0.1) is 15.5 Å². The number of benzene rings is 2. The standard InChI is InChI=1S/C6H5ClO3S.C6H4N3O2/c7-5-1-3-6(4-2-5)11(8,9)10;7-8-5-1-3-6(4-2-5)9(10)11/h1-4H,(H,8,9,10);1-4H/q;+1/p-1. The summed E-state index contributed by atoms with van der Waals surface area (Å²) in [5, 5.41) is 18.7. The van der Waals surface area contributed by atoms with E-state index in [0.29, 0.717) is 10.7 Å². The largest absolute Gasteiger partial charge is 0.744 e. The molecule has 0 heterocycles. The number of nitrogens with zero attached hydrogens (tertiary/aromatic N) is 3. The molecule has 0 radical (unpaired) electrons. The lowest BCUT2D eigenvalue weighted by Gasteiger charge is -2.05. The number of non-ortho nitro benzene ring substituents is 1. The quantitative estimate of drug-likeness (QED) is 0.356. The fraction of sp³-hybridized carbons (Fsp3) is 0. The summed E-state index contributed by atoms with van der Waals surface area (Å²) in [5.41, 5.74) is 0.285. The number of hydrogen-bond acceptors (Lipinski definition) is 6. The molecule has 22 heavy (non-hydrogen) atoms. The van der Waals surface area contributed by atoms with Gasteiger partial charge in [-0.3, -0.25) is 10.1 Å². The number of nitro benzene ring substituents is 1. The summed E-state index contributed by atoms with van der Waals surface area (Å²) in [6, 6.07) is 10.3. The summed E-state index contributed by atoms with van der Waals surface area (Å²) in [5.74, 6) is 0. The second-order valence-corrected chi connectivity index (χ2v) is 5.60. The Hall–Kier alpha value is -2.54. The van der Waals surface area contributed by atoms with Gasteiger partial charge in [-0.15, -0.1) is 0 Å². The van der Waals surface area contributed by atoms with Crippen molar-refractivity contribution in [1.82, 2.24) is 0 Å². The first kappa shape index (κ1) is 17.5. The summed E-state index contributed by atoms with van der Waals surface area (Å²) >= 11 is 5.46. The third-order valence-electron chi connectivity index (χ3n) is 2.28. The van der Waals surface area contributed by atoms with Crippen molar-refractivity contribution in [3.05, 3.63) is 68.6 Å². The lowest BCUT2D eigenvalue weighted by Crippen LogP contribution is -1.97. The topological polar surface area (TPSA) is 128 Å². The van der Waals surface area contributed by atoms with E-state index in [1.165, 1.54) is 48.5 Å². The van der Waals surface area contributed by atoms with E-state index in [9.17, 15) is 23.1 Å². The molecule has 0 saturated heterocycles. The summed E-state index contributed by atoms with van der Waals surface area (Å²) in [6.45, 7) is 0. The Morgan fingerprint density at radius 3 is 1.91 bits per heavy atom. The fourth-order valence-corrected chi connectivity index (χ4v) is 1.84. The molecule has 0 aliphatic rings. The SMILES string of the molecule is N#[N+]c1ccc([N+](=O)[O-])cc1.O=S(=O)([O-])c1ccc(Cl)cc1. The molecule has 0 atom stereocenters. The van der Waals surface area contributed by atoms with Gasteiger partial charge in [-0.1, -0.05) is 11.6 Å². The minimum absolute atomic E-state index is 0.0163. The van der Waals surface area contributed by atoms with Gasteiger partial charge in [0.15, 0.2) is 4.98 Å². The normalized spacial score (nSPS) is 10.0. The Balaban J connectivity index is 0.000000220. The maximum atomic E-state index is 10.3. The molecule has 0 bridgehead atoms. The van der Waals surface area contributed by atoms with Crippen molar-refractivity contribution in [3.8, 4) is 0 Å². The second kappa shape index (κ2) is 7.46. The molecule has 0 aliphatic heterocycles. The average Bonchev–Trinajstić information content (AvgIpc) is 2.47. The number of rotatable bonds is 2. The van der Waals surface area contributed by atoms with Gasteiger partial charge in [0.05, 0.1) is 9.82 Å². The highest BCUT2D eigenvalue weighted by Crippen LogP contribution is 2.17. The average molecular weight is 342 g/mol. The molecule has 2 aromatic carbocycles. The van der Waals surface area contributed by atoms with Crippen LogP contribution in [0.25, 0.3) is 4.98 Å². The molecule has 0 aliphatic carbocycles. The van der Waals surface area contributed by atoms with Gasteiger partial charge in [0, 0.05) is 29.3 Å². The van der Waals surface area contributed by atoms with Crippen LogP contribution in [-0.2, 0) is 10.1 Å². The Morgan fingerprint density at radius 2 is 1.55 bits per heavy atom. The van der Waals surface area contributed by atoms with Crippen molar-refractivity contribution < 1.29 is 17.9 Å². The van der Waals surface area contributed by atoms with Gasteiger partial charge in [-0.2, -0.15) is 0 Å². The highest BCUT2D eigenvalue weighted by molar-refractivity contribution is 7.85. The van der Waals surface area contributed by atoms with Crippen LogP contribution in [0.4, 0.5) is 11.4 Å². The lowest BCUT2D eigenvalue weighted by atomic mass is 10.3. The van der Waals surface area contributed by atoms with Crippen molar-refractivity contribution in [2.45, 2.75) is 4.90 Å². The van der Waals surface area contributed by atoms with Crippen LogP contribution in [0.5, 0.6) is 0 Å². The third kappa shape index (κ3) is 5.45. The first-order chi connectivity index (χ1) is 10.2. The van der Waals surface area contributed by atoms with Crippen LogP contribution in [0.15, 0.2) is 53.4 Å². The van der Waals surface area contributed by atoms with Gasteiger partial charge in [0.25, 0.3) is 5.69 Å². The van der Waals surface area contributed by atoms with E-state index in [-0.39, 0.29) is 10.6 Å². The molecular weight excluding hydrogens is 334 g/mol. The molecule has 0 spiro atoms. The van der Waals surface area contributed by atoms with E-state index >= 15 is 0 Å². The predicted octanol–water partition coefficient (Wildman–Crippen LogP) is 3.32. The van der Waals surface area contributed by atoms with Crippen LogP contribution in [-0.4, -0.2) is 17.9 Å². The van der Waals surface area contributed by atoms with Crippen LogP contribution in [0.3, 0.4) is 0 Å². The van der Waals surface area contributed by atoms with Crippen molar-refractivity contribution in [1.29, 1.82) is 5.39 Å². The van der Waals surface area contributed by atoms with E-state index in [1.807, 2.05) is 0 Å². The molecule has 2 aromatic rings. The van der Waals surface area contributed by atoms with Gasteiger partial charge in [-0.25, -0.2) is 8.42 Å². The number of halogens is 1. The maximum Gasteiger partial charge on any atom is 0.385 e. The summed E-state index contributed by atoms with van der Waals surface area (Å²) in [6.07, 6.45) is 0. The van der Waals surface area contributed by atoms with Crippen molar-refractivity contribution in [2.24, 2.45) is 0 Å². The van der Waals surface area contributed by atoms with Crippen molar-refractivity contribution >= 4 is 33.1 Å². The van der Waals surface area contributed by atoms with Crippen molar-refractivity contribution in [3.63, 3.8) is 0 Å². The van der Waals surface area contributed by atoms with Gasteiger partial charge in [0.1, 0.15) is 10.1 Å². The van der Waals surface area contributed by atoms with Crippen LogP contribution in [0.1, 0.15) is 0 Å². The van der Waals surface area contributed by atoms with Crippen LogP contribution in [0.2, 0.25) is 5.02 Å². The molecule has 8 nitrogen and oxygen atoms in total. The first-order valence-electron chi connectivity index (χ1n) is 5.55. The molecule has 0 N–H and O–H groups in total.